The van der Waals surface area contributed by atoms with Crippen molar-refractivity contribution in [3.8, 4) is 24.3 Å². The van der Waals surface area contributed by atoms with E-state index in [4.69, 9.17) is 0 Å². The molecule has 0 saturated carbocycles. The Morgan fingerprint density at radius 3 is 1.68 bits per heavy atom. The van der Waals surface area contributed by atoms with Crippen LogP contribution in [-0.2, 0) is 0 Å². The van der Waals surface area contributed by atoms with Gasteiger partial charge in [-0.3, -0.25) is 0 Å². The molecule has 0 unspecified atom stereocenters. The lowest BCUT2D eigenvalue weighted by Crippen LogP contribution is -2.02. The zero-order chi connectivity index (χ0) is 26.1. The summed E-state index contributed by atoms with van der Waals surface area (Å²) in [6.07, 6.45) is 3.39. The zero-order valence-electron chi connectivity index (χ0n) is 19.0. The molecule has 170 valence electrons. The number of fused-ring (bicyclic) bond motifs is 3. The third kappa shape index (κ3) is 3.89. The van der Waals surface area contributed by atoms with Crippen molar-refractivity contribution in [2.24, 2.45) is 0 Å². The van der Waals surface area contributed by atoms with Gasteiger partial charge in [-0.25, -0.2) is 39.9 Å². The molecule has 0 aliphatic rings. The van der Waals surface area contributed by atoms with E-state index in [0.29, 0.717) is 28.0 Å². The van der Waals surface area contributed by atoms with E-state index >= 15 is 0 Å². The van der Waals surface area contributed by atoms with Crippen LogP contribution >= 0.6 is 0 Å². The summed E-state index contributed by atoms with van der Waals surface area (Å²) in [7, 11) is 0. The first-order chi connectivity index (χ1) is 18.0. The van der Waals surface area contributed by atoms with Gasteiger partial charge in [0, 0.05) is 0 Å². The molecular formula is C25H10N12. The number of rotatable bonds is 3. The SMILES string of the molecule is C=C/C(=C\c1nc2nc(C#N)c(C#N)nc2nc1C)c1ccc2nc3nc(C#N)c(C#N)nc3nc2c1. The second kappa shape index (κ2) is 8.84. The van der Waals surface area contributed by atoms with Gasteiger partial charge in [0.05, 0.1) is 22.4 Å². The van der Waals surface area contributed by atoms with Gasteiger partial charge in [0.1, 0.15) is 24.3 Å². The molecule has 0 bridgehead atoms. The van der Waals surface area contributed by atoms with E-state index in [-0.39, 0.29) is 45.4 Å². The van der Waals surface area contributed by atoms with E-state index in [1.54, 1.807) is 31.2 Å². The summed E-state index contributed by atoms with van der Waals surface area (Å²) >= 11 is 0. The fourth-order valence-electron chi connectivity index (χ4n) is 3.52. The van der Waals surface area contributed by atoms with Crippen molar-refractivity contribution in [3.63, 3.8) is 0 Å². The minimum absolute atomic E-state index is 0.112. The first-order valence-electron chi connectivity index (χ1n) is 10.5. The molecule has 0 radical (unpaired) electrons. The third-order valence-corrected chi connectivity index (χ3v) is 5.29. The van der Waals surface area contributed by atoms with Crippen LogP contribution in [0.3, 0.4) is 0 Å². The fraction of sp³-hybridized carbons (Fsp3) is 0.0400. The Bertz CT molecular complexity index is 2010. The number of hydrogen-bond donors (Lipinski definition) is 0. The summed E-state index contributed by atoms with van der Waals surface area (Å²) in [6.45, 7) is 5.64. The van der Waals surface area contributed by atoms with Crippen molar-refractivity contribution in [1.82, 2.24) is 39.9 Å². The molecule has 0 aliphatic carbocycles. The lowest BCUT2D eigenvalue weighted by Gasteiger charge is -2.07. The quantitative estimate of drug-likeness (QED) is 0.272. The summed E-state index contributed by atoms with van der Waals surface area (Å²) in [5.41, 5.74) is 3.58. The highest BCUT2D eigenvalue weighted by Gasteiger charge is 2.14. The van der Waals surface area contributed by atoms with Gasteiger partial charge >= 0.3 is 0 Å². The second-order valence-corrected chi connectivity index (χ2v) is 7.51. The van der Waals surface area contributed by atoms with Crippen LogP contribution in [-0.4, -0.2) is 39.9 Å². The Morgan fingerprint density at radius 1 is 0.676 bits per heavy atom. The zero-order valence-corrected chi connectivity index (χ0v) is 19.0. The summed E-state index contributed by atoms with van der Waals surface area (Å²) in [4.78, 5) is 34.2. The Labute approximate surface area is 208 Å². The van der Waals surface area contributed by atoms with Crippen LogP contribution in [0.15, 0.2) is 30.9 Å². The lowest BCUT2D eigenvalue weighted by atomic mass is 10.0. The predicted molar refractivity (Wildman–Crippen MR) is 129 cm³/mol. The number of hydrogen-bond acceptors (Lipinski definition) is 12. The fourth-order valence-corrected chi connectivity index (χ4v) is 3.52. The predicted octanol–water partition coefficient (Wildman–Crippen LogP) is 2.83. The topological polar surface area (TPSA) is 198 Å². The smallest absolute Gasteiger partial charge is 0.199 e. The molecule has 0 fully saturated rings. The van der Waals surface area contributed by atoms with Crippen LogP contribution in [0.2, 0.25) is 0 Å². The molecule has 12 nitrogen and oxygen atoms in total. The molecule has 0 atom stereocenters. The molecule has 0 amide bonds. The van der Waals surface area contributed by atoms with Crippen LogP contribution in [0, 0.1) is 52.2 Å². The van der Waals surface area contributed by atoms with E-state index in [2.05, 4.69) is 46.5 Å². The molecule has 4 heterocycles. The molecule has 5 rings (SSSR count). The van der Waals surface area contributed by atoms with Gasteiger partial charge in [-0.05, 0) is 36.3 Å². The van der Waals surface area contributed by atoms with Gasteiger partial charge in [0.15, 0.2) is 45.4 Å². The first-order valence-corrected chi connectivity index (χ1v) is 10.5. The van der Waals surface area contributed by atoms with Crippen molar-refractivity contribution < 1.29 is 0 Å². The van der Waals surface area contributed by atoms with Crippen LogP contribution in [0.5, 0.6) is 0 Å². The average Bonchev–Trinajstić information content (AvgIpc) is 2.93. The molecule has 0 spiro atoms. The molecule has 0 aliphatic heterocycles. The Morgan fingerprint density at radius 2 is 1.16 bits per heavy atom. The van der Waals surface area contributed by atoms with Crippen LogP contribution in [0.25, 0.3) is 45.3 Å². The molecule has 37 heavy (non-hydrogen) atoms. The van der Waals surface area contributed by atoms with Gasteiger partial charge in [-0.15, -0.1) is 0 Å². The van der Waals surface area contributed by atoms with E-state index in [9.17, 15) is 21.0 Å². The standard InChI is InChI=1S/C25H10N12/c1-3-13(6-16-12(2)30-22-23(32-16)35-19(9-27)18(8-26)34-22)14-4-5-15-17(7-14)33-25-24(31-15)36-20(10-28)21(11-29)37-25/h3-7H,1H2,2H3/b13-6+. The Kier molecular flexibility index (Phi) is 5.39. The van der Waals surface area contributed by atoms with Crippen molar-refractivity contribution in [1.29, 1.82) is 21.0 Å². The number of allylic oxidation sites excluding steroid dienone is 2. The molecule has 1 aromatic carbocycles. The van der Waals surface area contributed by atoms with E-state index in [1.807, 2.05) is 30.3 Å². The van der Waals surface area contributed by atoms with E-state index in [0.717, 1.165) is 5.56 Å². The lowest BCUT2D eigenvalue weighted by molar-refractivity contribution is 1.07. The molecule has 0 N–H and O–H groups in total. The highest BCUT2D eigenvalue weighted by molar-refractivity contribution is 5.92. The first kappa shape index (κ1) is 22.5. The Hall–Kier alpha value is -6.24. The maximum absolute atomic E-state index is 9.25. The van der Waals surface area contributed by atoms with Crippen molar-refractivity contribution in [3.05, 3.63) is 70.6 Å². The molecule has 4 aromatic heterocycles. The third-order valence-electron chi connectivity index (χ3n) is 5.29. The highest BCUT2D eigenvalue weighted by Crippen LogP contribution is 2.24. The van der Waals surface area contributed by atoms with Gasteiger partial charge in [0.25, 0.3) is 0 Å². The molecular weight excluding hydrogens is 468 g/mol. The van der Waals surface area contributed by atoms with Gasteiger partial charge in [-0.2, -0.15) is 21.0 Å². The highest BCUT2D eigenvalue weighted by atomic mass is 15.0. The minimum Gasteiger partial charge on any atom is -0.228 e. The summed E-state index contributed by atoms with van der Waals surface area (Å²) < 4.78 is 0. The normalized spacial score (nSPS) is 11.0. The number of aryl methyl sites for hydroxylation is 1. The van der Waals surface area contributed by atoms with Crippen molar-refractivity contribution >= 4 is 45.3 Å². The summed E-state index contributed by atoms with van der Waals surface area (Å²) in [5, 5.41) is 36.8. The van der Waals surface area contributed by atoms with E-state index < -0.39 is 0 Å². The van der Waals surface area contributed by atoms with E-state index in [1.165, 1.54) is 0 Å². The summed E-state index contributed by atoms with van der Waals surface area (Å²) in [5.74, 6) is 0. The monoisotopic (exact) mass is 478 g/mol. The second-order valence-electron chi connectivity index (χ2n) is 7.51. The van der Waals surface area contributed by atoms with Crippen LogP contribution in [0.1, 0.15) is 39.7 Å². The minimum atomic E-state index is -0.128. The van der Waals surface area contributed by atoms with Gasteiger partial charge in [0.2, 0.25) is 0 Å². The molecule has 0 saturated heterocycles. The number of benzene rings is 1. The van der Waals surface area contributed by atoms with Crippen molar-refractivity contribution in [2.45, 2.75) is 6.92 Å². The molecule has 5 aromatic rings. The largest absolute Gasteiger partial charge is 0.228 e. The van der Waals surface area contributed by atoms with Gasteiger partial charge < -0.3 is 0 Å². The van der Waals surface area contributed by atoms with Crippen LogP contribution < -0.4 is 0 Å². The Balaban J connectivity index is 1.63. The molecule has 12 heteroatoms. The maximum Gasteiger partial charge on any atom is 0.199 e. The maximum atomic E-state index is 9.25. The number of nitrogens with zero attached hydrogens (tertiary/aromatic N) is 12. The van der Waals surface area contributed by atoms with Crippen molar-refractivity contribution in [2.75, 3.05) is 0 Å². The number of aromatic nitrogens is 8. The number of nitriles is 4. The van der Waals surface area contributed by atoms with Crippen LogP contribution in [0.4, 0.5) is 0 Å². The summed E-state index contributed by atoms with van der Waals surface area (Å²) in [6, 6.07) is 12.7. The van der Waals surface area contributed by atoms with Gasteiger partial charge in [-0.1, -0.05) is 18.7 Å². The average molecular weight is 478 g/mol.